The lowest BCUT2D eigenvalue weighted by Crippen LogP contribution is -2.14. The number of aliphatic imine (C=N–C) groups is 2. The molecule has 5 rings (SSSR count). The summed E-state index contributed by atoms with van der Waals surface area (Å²) in [6.45, 7) is 23.4. The van der Waals surface area contributed by atoms with Gasteiger partial charge in [0.15, 0.2) is 0 Å². The minimum atomic E-state index is -0.223. The van der Waals surface area contributed by atoms with Crippen LogP contribution in [-0.4, -0.2) is 27.7 Å². The maximum absolute atomic E-state index is 12.0. The Labute approximate surface area is 316 Å². The second-order valence-corrected chi connectivity index (χ2v) is 17.6. The first-order valence-electron chi connectivity index (χ1n) is 18.5. The summed E-state index contributed by atoms with van der Waals surface area (Å²) in [7, 11) is 0. The van der Waals surface area contributed by atoms with E-state index in [-0.39, 0.29) is 33.5 Å². The molecule has 0 atom stereocenters. The third-order valence-electron chi connectivity index (χ3n) is 9.84. The highest BCUT2D eigenvalue weighted by Gasteiger charge is 2.24. The highest BCUT2D eigenvalue weighted by molar-refractivity contribution is 5.87. The number of aromatic hydroxyl groups is 3. The fourth-order valence-electron chi connectivity index (χ4n) is 6.19. The van der Waals surface area contributed by atoms with Crippen LogP contribution >= 0.6 is 0 Å². The van der Waals surface area contributed by atoms with E-state index in [1.807, 2.05) is 98.8 Å². The molecule has 3 N–H and O–H groups in total. The Morgan fingerprint density at radius 2 is 0.717 bits per heavy atom. The van der Waals surface area contributed by atoms with E-state index >= 15 is 0 Å². The maximum Gasteiger partial charge on any atom is 0.127 e. The Morgan fingerprint density at radius 1 is 0.434 bits per heavy atom. The Bertz CT molecular complexity index is 2010. The van der Waals surface area contributed by atoms with Gasteiger partial charge in [-0.2, -0.15) is 0 Å². The predicted molar refractivity (Wildman–Crippen MR) is 223 cm³/mol. The standard InChI is InChI=1S/C48H56N2O3/c1-30-12-16-41(17-13-30)49-28-36-26-39(47(6,7)8)24-34(44(36)52)20-32-22-38(46(3,4)5)23-33(43(32)51)21-35-25-40(48(9,10)11)27-37(45(35)53)29-50-42-18-14-31(2)15-19-42/h12-19,22-29,51-53H,20-21H2,1-11H3. The van der Waals surface area contributed by atoms with Gasteiger partial charge in [0, 0.05) is 36.4 Å². The number of phenolic OH excluding ortho intramolecular Hbond substituents is 3. The van der Waals surface area contributed by atoms with Crippen LogP contribution in [0.5, 0.6) is 17.2 Å². The molecule has 53 heavy (non-hydrogen) atoms. The van der Waals surface area contributed by atoms with E-state index in [1.54, 1.807) is 12.4 Å². The normalized spacial score (nSPS) is 12.7. The van der Waals surface area contributed by atoms with Crippen molar-refractivity contribution in [3.8, 4) is 17.2 Å². The van der Waals surface area contributed by atoms with Gasteiger partial charge in [-0.1, -0.05) is 122 Å². The van der Waals surface area contributed by atoms with E-state index in [9.17, 15) is 15.3 Å². The summed E-state index contributed by atoms with van der Waals surface area (Å²) in [4.78, 5) is 9.36. The van der Waals surface area contributed by atoms with E-state index in [2.05, 4.69) is 72.3 Å². The van der Waals surface area contributed by atoms with Gasteiger partial charge < -0.3 is 15.3 Å². The van der Waals surface area contributed by atoms with Gasteiger partial charge in [-0.15, -0.1) is 0 Å². The van der Waals surface area contributed by atoms with Crippen LogP contribution in [0.3, 0.4) is 0 Å². The van der Waals surface area contributed by atoms with E-state index in [0.717, 1.165) is 39.2 Å². The van der Waals surface area contributed by atoms with Crippen LogP contribution in [0.1, 0.15) is 124 Å². The summed E-state index contributed by atoms with van der Waals surface area (Å²) in [5.41, 5.74) is 10.6. The monoisotopic (exact) mass is 708 g/mol. The van der Waals surface area contributed by atoms with Crippen molar-refractivity contribution in [2.24, 2.45) is 9.98 Å². The molecule has 0 amide bonds. The molecule has 5 aromatic rings. The van der Waals surface area contributed by atoms with Crippen molar-refractivity contribution >= 4 is 23.8 Å². The molecule has 5 heteroatoms. The molecule has 0 saturated carbocycles. The van der Waals surface area contributed by atoms with E-state index in [4.69, 9.17) is 0 Å². The second-order valence-electron chi connectivity index (χ2n) is 17.6. The summed E-state index contributed by atoms with van der Waals surface area (Å²) in [5, 5.41) is 35.4. The molecule has 0 aliphatic carbocycles. The number of hydrogen-bond donors (Lipinski definition) is 3. The first kappa shape index (κ1) is 39.1. The van der Waals surface area contributed by atoms with Crippen LogP contribution in [-0.2, 0) is 29.1 Å². The first-order chi connectivity index (χ1) is 24.7. The number of benzene rings is 5. The predicted octanol–water partition coefficient (Wildman–Crippen LogP) is 12.0. The van der Waals surface area contributed by atoms with Crippen molar-refractivity contribution in [2.75, 3.05) is 0 Å². The van der Waals surface area contributed by atoms with Crippen LogP contribution in [0.15, 0.2) is 94.9 Å². The highest BCUT2D eigenvalue weighted by atomic mass is 16.3. The van der Waals surface area contributed by atoms with Crippen LogP contribution in [0, 0.1) is 13.8 Å². The van der Waals surface area contributed by atoms with Gasteiger partial charge in [0.05, 0.1) is 11.4 Å². The van der Waals surface area contributed by atoms with Gasteiger partial charge in [0.1, 0.15) is 17.2 Å². The maximum atomic E-state index is 12.0. The third-order valence-corrected chi connectivity index (χ3v) is 9.84. The molecule has 0 aliphatic heterocycles. The quantitative estimate of drug-likeness (QED) is 0.140. The SMILES string of the molecule is Cc1ccc(N=Cc2cc(C(C)(C)C)cc(Cc3cc(C(C)(C)C)cc(Cc4cc(C(C)(C)C)cc(C=Nc5ccc(C)cc5)c4O)c3O)c2O)cc1. The number of aryl methyl sites for hydroxylation is 2. The summed E-state index contributed by atoms with van der Waals surface area (Å²) in [6, 6.07) is 28.1. The van der Waals surface area contributed by atoms with Crippen molar-refractivity contribution in [1.82, 2.24) is 0 Å². The Balaban J connectivity index is 1.60. The zero-order valence-corrected chi connectivity index (χ0v) is 33.4. The number of nitrogens with zero attached hydrogens (tertiary/aromatic N) is 2. The van der Waals surface area contributed by atoms with Gasteiger partial charge in [0.2, 0.25) is 0 Å². The number of rotatable bonds is 8. The lowest BCUT2D eigenvalue weighted by atomic mass is 9.81. The third kappa shape index (κ3) is 9.64. The molecule has 0 fully saturated rings. The molecule has 5 nitrogen and oxygen atoms in total. The molecule has 5 aromatic carbocycles. The topological polar surface area (TPSA) is 85.4 Å². The van der Waals surface area contributed by atoms with Gasteiger partial charge in [-0.3, -0.25) is 9.98 Å². The van der Waals surface area contributed by atoms with Crippen LogP contribution < -0.4 is 0 Å². The van der Waals surface area contributed by atoms with Crippen molar-refractivity contribution in [3.05, 3.63) is 146 Å². The lowest BCUT2D eigenvalue weighted by Gasteiger charge is -2.25. The molecular formula is C48H56N2O3. The number of hydrogen-bond acceptors (Lipinski definition) is 5. The minimum Gasteiger partial charge on any atom is -0.507 e. The first-order valence-corrected chi connectivity index (χ1v) is 18.5. The largest absolute Gasteiger partial charge is 0.507 e. The highest BCUT2D eigenvalue weighted by Crippen LogP contribution is 2.39. The molecule has 276 valence electrons. The number of phenols is 3. The van der Waals surface area contributed by atoms with Gasteiger partial charge in [-0.05, 0) is 105 Å². The summed E-state index contributed by atoms with van der Waals surface area (Å²) >= 11 is 0. The summed E-state index contributed by atoms with van der Waals surface area (Å²) in [6.07, 6.45) is 4.07. The van der Waals surface area contributed by atoms with Gasteiger partial charge in [-0.25, -0.2) is 0 Å². The zero-order chi connectivity index (χ0) is 38.9. The second kappa shape index (κ2) is 15.1. The van der Waals surface area contributed by atoms with Crippen LogP contribution in [0.4, 0.5) is 11.4 Å². The fraction of sp³-hybridized carbons (Fsp3) is 0.333. The van der Waals surface area contributed by atoms with Gasteiger partial charge >= 0.3 is 0 Å². The van der Waals surface area contributed by atoms with Crippen molar-refractivity contribution in [2.45, 2.75) is 105 Å². The lowest BCUT2D eigenvalue weighted by molar-refractivity contribution is 0.454. The molecule has 0 bridgehead atoms. The van der Waals surface area contributed by atoms with Crippen molar-refractivity contribution in [1.29, 1.82) is 0 Å². The molecule has 0 unspecified atom stereocenters. The molecule has 0 radical (unpaired) electrons. The molecular weight excluding hydrogens is 653 g/mol. The summed E-state index contributed by atoms with van der Waals surface area (Å²) in [5.74, 6) is 0.442. The molecule has 0 aromatic heterocycles. The Morgan fingerprint density at radius 3 is 1.02 bits per heavy atom. The van der Waals surface area contributed by atoms with Crippen LogP contribution in [0.25, 0.3) is 0 Å². The zero-order valence-electron chi connectivity index (χ0n) is 33.4. The van der Waals surface area contributed by atoms with Gasteiger partial charge in [0.25, 0.3) is 0 Å². The average molecular weight is 709 g/mol. The smallest absolute Gasteiger partial charge is 0.127 e. The molecule has 0 aliphatic rings. The van der Waals surface area contributed by atoms with Crippen molar-refractivity contribution < 1.29 is 15.3 Å². The van der Waals surface area contributed by atoms with E-state index in [0.29, 0.717) is 46.2 Å². The van der Waals surface area contributed by atoms with Crippen LogP contribution in [0.2, 0.25) is 0 Å². The summed E-state index contributed by atoms with van der Waals surface area (Å²) < 4.78 is 0. The Hall–Kier alpha value is -5.16. The Kier molecular flexibility index (Phi) is 11.1. The molecule has 0 spiro atoms. The minimum absolute atomic E-state index is 0.143. The fourth-order valence-corrected chi connectivity index (χ4v) is 6.19. The molecule has 0 saturated heterocycles. The molecule has 0 heterocycles. The van der Waals surface area contributed by atoms with Crippen molar-refractivity contribution in [3.63, 3.8) is 0 Å². The van der Waals surface area contributed by atoms with E-state index in [1.165, 1.54) is 0 Å². The average Bonchev–Trinajstić information content (AvgIpc) is 3.07. The van der Waals surface area contributed by atoms with E-state index < -0.39 is 0 Å².